The molecule has 5 rings (SSSR count). The fourth-order valence-electron chi connectivity index (χ4n) is 7.62. The van der Waals surface area contributed by atoms with Crippen LogP contribution in [0.2, 0.25) is 15.1 Å². The first kappa shape index (κ1) is 36.1. The third kappa shape index (κ3) is 7.08. The maximum atomic E-state index is 14.8. The lowest BCUT2D eigenvalue weighted by molar-refractivity contribution is -0.171. The number of hydrogen-bond donors (Lipinski definition) is 0. The van der Waals surface area contributed by atoms with E-state index in [9.17, 15) is 4.79 Å². The number of methoxy groups -OCH3 is 1. The minimum atomic E-state index is -2.76. The zero-order valence-electron chi connectivity index (χ0n) is 28.7. The van der Waals surface area contributed by atoms with E-state index in [4.69, 9.17) is 32.4 Å². The van der Waals surface area contributed by atoms with Crippen molar-refractivity contribution in [3.05, 3.63) is 143 Å². The molecular formula is C41H47Cl2NO3Si. The Hall–Kier alpha value is -3.19. The van der Waals surface area contributed by atoms with Crippen LogP contribution in [-0.2, 0) is 14.0 Å². The van der Waals surface area contributed by atoms with Gasteiger partial charge in [-0.1, -0.05) is 135 Å². The molecule has 7 heteroatoms. The van der Waals surface area contributed by atoms with E-state index in [0.29, 0.717) is 35.9 Å². The molecule has 48 heavy (non-hydrogen) atoms. The Kier molecular flexibility index (Phi) is 11.4. The number of carbonyl (C=O) groups excluding carboxylic acids is 1. The van der Waals surface area contributed by atoms with Gasteiger partial charge in [-0.15, -0.1) is 6.58 Å². The second kappa shape index (κ2) is 15.1. The topological polar surface area (TPSA) is 38.8 Å². The average molecular weight is 701 g/mol. The van der Waals surface area contributed by atoms with E-state index in [-0.39, 0.29) is 28.9 Å². The highest BCUT2D eigenvalue weighted by Gasteiger charge is 2.54. The van der Waals surface area contributed by atoms with Gasteiger partial charge in [0, 0.05) is 42.1 Å². The van der Waals surface area contributed by atoms with Gasteiger partial charge in [-0.25, -0.2) is 0 Å². The van der Waals surface area contributed by atoms with E-state index in [1.54, 1.807) is 13.2 Å². The number of nitrogens with zero attached hydrogens (tertiary/aromatic N) is 1. The summed E-state index contributed by atoms with van der Waals surface area (Å²) in [5.41, 5.74) is 1.01. The highest BCUT2D eigenvalue weighted by Crippen LogP contribution is 2.50. The summed E-state index contributed by atoms with van der Waals surface area (Å²) in [6.07, 6.45) is 3.31. The minimum absolute atomic E-state index is 0.0407. The molecule has 1 amide bonds. The van der Waals surface area contributed by atoms with Crippen LogP contribution in [0.15, 0.2) is 122 Å². The number of halogens is 2. The van der Waals surface area contributed by atoms with Crippen LogP contribution in [-0.4, -0.2) is 44.5 Å². The van der Waals surface area contributed by atoms with E-state index in [2.05, 4.69) is 101 Å². The molecular weight excluding hydrogens is 653 g/mol. The molecule has 4 nitrogen and oxygen atoms in total. The van der Waals surface area contributed by atoms with Gasteiger partial charge in [0.1, 0.15) is 0 Å². The van der Waals surface area contributed by atoms with Crippen molar-refractivity contribution in [2.75, 3.05) is 13.7 Å². The molecule has 4 aromatic carbocycles. The predicted octanol–water partition coefficient (Wildman–Crippen LogP) is 9.37. The average Bonchev–Trinajstić information content (AvgIpc) is 3.08. The van der Waals surface area contributed by atoms with Gasteiger partial charge < -0.3 is 14.1 Å². The summed E-state index contributed by atoms with van der Waals surface area (Å²) in [5, 5.41) is 3.61. The van der Waals surface area contributed by atoms with Crippen molar-refractivity contribution in [2.45, 2.75) is 75.6 Å². The number of hydrogen-bond acceptors (Lipinski definition) is 3. The Morgan fingerprint density at radius 1 is 0.896 bits per heavy atom. The molecule has 1 aliphatic heterocycles. The molecule has 0 unspecified atom stereocenters. The molecule has 0 aromatic heterocycles. The van der Waals surface area contributed by atoms with Gasteiger partial charge in [0.05, 0.1) is 6.04 Å². The van der Waals surface area contributed by atoms with Crippen molar-refractivity contribution in [1.82, 2.24) is 4.90 Å². The lowest BCUT2D eigenvalue weighted by atomic mass is 9.72. The Labute approximate surface area is 297 Å². The normalized spacial score (nSPS) is 20.8. The molecule has 0 spiro atoms. The zero-order chi connectivity index (χ0) is 34.5. The van der Waals surface area contributed by atoms with Crippen molar-refractivity contribution in [1.29, 1.82) is 0 Å². The summed E-state index contributed by atoms with van der Waals surface area (Å²) in [7, 11) is -1.13. The van der Waals surface area contributed by atoms with Crippen molar-refractivity contribution >= 4 is 47.8 Å². The van der Waals surface area contributed by atoms with Gasteiger partial charge in [0.25, 0.3) is 14.2 Å². The second-order valence-corrected chi connectivity index (χ2v) is 19.1. The number of carbonyl (C=O) groups is 1. The van der Waals surface area contributed by atoms with E-state index in [1.165, 1.54) is 10.4 Å². The molecule has 4 aromatic rings. The van der Waals surface area contributed by atoms with Crippen molar-refractivity contribution < 1.29 is 14.0 Å². The van der Waals surface area contributed by atoms with Gasteiger partial charge in [-0.3, -0.25) is 4.79 Å². The quantitative estimate of drug-likeness (QED) is 0.109. The van der Waals surface area contributed by atoms with E-state index in [0.717, 1.165) is 11.1 Å². The van der Waals surface area contributed by atoms with Crippen LogP contribution >= 0.6 is 23.2 Å². The summed E-state index contributed by atoms with van der Waals surface area (Å²) in [6, 6.07) is 36.7. The largest absolute Gasteiger partial charge is 0.407 e. The number of ether oxygens (including phenoxy) is 1. The molecule has 1 saturated heterocycles. The lowest BCUT2D eigenvalue weighted by Gasteiger charge is -2.52. The van der Waals surface area contributed by atoms with E-state index < -0.39 is 13.9 Å². The first-order valence-corrected chi connectivity index (χ1v) is 19.4. The second-order valence-electron chi connectivity index (χ2n) is 13.9. The monoisotopic (exact) mass is 699 g/mol. The van der Waals surface area contributed by atoms with Crippen molar-refractivity contribution in [2.24, 2.45) is 0 Å². The third-order valence-corrected chi connectivity index (χ3v) is 15.5. The number of likely N-dealkylation sites (tertiary alicyclic amines) is 1. The van der Waals surface area contributed by atoms with Crippen LogP contribution in [0.3, 0.4) is 0 Å². The smallest absolute Gasteiger partial charge is 0.261 e. The summed E-state index contributed by atoms with van der Waals surface area (Å²) in [6.45, 7) is 13.5. The maximum Gasteiger partial charge on any atom is 0.261 e. The first-order chi connectivity index (χ1) is 23.0. The van der Waals surface area contributed by atoms with Crippen LogP contribution < -0.4 is 10.4 Å². The van der Waals surface area contributed by atoms with E-state index in [1.807, 2.05) is 47.4 Å². The molecule has 1 fully saturated rings. The van der Waals surface area contributed by atoms with Crippen LogP contribution in [0.1, 0.15) is 70.0 Å². The fourth-order valence-corrected chi connectivity index (χ4v) is 12.5. The van der Waals surface area contributed by atoms with Crippen molar-refractivity contribution in [3.8, 4) is 0 Å². The summed E-state index contributed by atoms with van der Waals surface area (Å²) in [4.78, 5) is 16.9. The molecule has 1 heterocycles. The van der Waals surface area contributed by atoms with E-state index >= 15 is 0 Å². The van der Waals surface area contributed by atoms with Gasteiger partial charge in [0.2, 0.25) is 0 Å². The van der Waals surface area contributed by atoms with Crippen LogP contribution in [0.4, 0.5) is 0 Å². The van der Waals surface area contributed by atoms with Crippen molar-refractivity contribution in [3.63, 3.8) is 0 Å². The fraction of sp³-hybridized carbons (Fsp3) is 0.341. The summed E-state index contributed by atoms with van der Waals surface area (Å²) >= 11 is 12.9. The predicted molar refractivity (Wildman–Crippen MR) is 202 cm³/mol. The molecule has 0 saturated carbocycles. The number of amides is 1. The molecule has 0 bridgehead atoms. The summed E-state index contributed by atoms with van der Waals surface area (Å²) in [5.74, 6) is -0.136. The van der Waals surface area contributed by atoms with Gasteiger partial charge in [-0.2, -0.15) is 0 Å². The third-order valence-electron chi connectivity index (χ3n) is 9.95. The number of rotatable bonds is 12. The Bertz CT molecular complexity index is 1640. The highest BCUT2D eigenvalue weighted by molar-refractivity contribution is 6.99. The summed E-state index contributed by atoms with van der Waals surface area (Å²) < 4.78 is 13.5. The van der Waals surface area contributed by atoms with Gasteiger partial charge >= 0.3 is 0 Å². The van der Waals surface area contributed by atoms with Crippen LogP contribution in [0.25, 0.3) is 0 Å². The lowest BCUT2D eigenvalue weighted by Crippen LogP contribution is -2.66. The van der Waals surface area contributed by atoms with Gasteiger partial charge in [-0.05, 0) is 70.6 Å². The SMILES string of the molecule is C=CC[C@@]1(OC)C[C@H](c2cccc(Cl)c2)[C@@H](c2ccc(Cl)cc2)N([C@@H](C)CCO[Si](c2ccccc2)(c2ccccc2)C(C)(C)C)C1=O. The highest BCUT2D eigenvalue weighted by atomic mass is 35.5. The minimum Gasteiger partial charge on any atom is -0.407 e. The number of benzene rings is 4. The maximum absolute atomic E-state index is 14.8. The molecule has 0 aliphatic carbocycles. The molecule has 0 radical (unpaired) electrons. The standard InChI is InChI=1S/C41H47Cl2NO3Si/c1-7-26-41(46-6)29-37(32-15-14-16-34(43)28-32)38(31-21-23-33(42)24-22-31)44(39(41)45)30(2)25-27-47-48(40(3,4)5,35-17-10-8-11-18-35)36-19-12-9-13-20-36/h7-24,28,30,37-38H,1,25-27,29H2,2-6H3/t30-,37+,38+,41+/m0/s1. The van der Waals surface area contributed by atoms with Crippen LogP contribution in [0.5, 0.6) is 0 Å². The Morgan fingerprint density at radius 2 is 1.50 bits per heavy atom. The first-order valence-electron chi connectivity index (χ1n) is 16.7. The Balaban J connectivity index is 1.57. The molecule has 252 valence electrons. The molecule has 4 atom stereocenters. The number of piperidine rings is 1. The Morgan fingerprint density at radius 3 is 2.02 bits per heavy atom. The molecule has 0 N–H and O–H groups in total. The molecule has 1 aliphatic rings. The zero-order valence-corrected chi connectivity index (χ0v) is 31.2. The van der Waals surface area contributed by atoms with Crippen LogP contribution in [0, 0.1) is 0 Å². The van der Waals surface area contributed by atoms with Gasteiger partial charge in [0.15, 0.2) is 5.60 Å².